The molecule has 0 aliphatic carbocycles. The average Bonchev–Trinajstić information content (AvgIpc) is 2.84. The Balaban J connectivity index is 2.33. The van der Waals surface area contributed by atoms with E-state index in [4.69, 9.17) is 4.74 Å². The zero-order valence-corrected chi connectivity index (χ0v) is 12.3. The van der Waals surface area contributed by atoms with Crippen molar-refractivity contribution in [2.24, 2.45) is 5.10 Å². The molecule has 0 fully saturated rings. The van der Waals surface area contributed by atoms with Gasteiger partial charge in [0.2, 0.25) is 5.13 Å². The molecule has 0 atom stereocenters. The highest BCUT2D eigenvalue weighted by Crippen LogP contribution is 2.38. The van der Waals surface area contributed by atoms with Crippen LogP contribution >= 0.6 is 11.3 Å². The highest BCUT2D eigenvalue weighted by Gasteiger charge is 2.35. The maximum absolute atomic E-state index is 13.8. The minimum Gasteiger partial charge on any atom is -0.495 e. The predicted octanol–water partition coefficient (Wildman–Crippen LogP) is 4.06. The van der Waals surface area contributed by atoms with Crippen LogP contribution in [0.5, 0.6) is 5.75 Å². The summed E-state index contributed by atoms with van der Waals surface area (Å²) in [5, 5.41) is 5.92. The highest BCUT2D eigenvalue weighted by molar-refractivity contribution is 7.13. The molecule has 1 heterocycles. The molecule has 0 aliphatic heterocycles. The Morgan fingerprint density at radius 2 is 2.09 bits per heavy atom. The Bertz CT molecular complexity index is 697. The normalized spacial score (nSPS) is 11.9. The van der Waals surface area contributed by atoms with Crippen LogP contribution in [0.15, 0.2) is 22.6 Å². The van der Waals surface area contributed by atoms with Crippen molar-refractivity contribution in [3.05, 3.63) is 40.2 Å². The standard InChI is InChI=1S/C13H11F4N3OS/c1-7-6-22-12(19-7)20-18-5-8-10(14)4-3-9(11(8)21-2)13(15,16)17/h3-6H,1-2H3,(H,19,20). The molecule has 0 unspecified atom stereocenters. The van der Waals surface area contributed by atoms with E-state index in [0.717, 1.165) is 25.1 Å². The zero-order chi connectivity index (χ0) is 16.3. The minimum atomic E-state index is -4.65. The van der Waals surface area contributed by atoms with E-state index in [1.165, 1.54) is 11.3 Å². The molecule has 0 amide bonds. The summed E-state index contributed by atoms with van der Waals surface area (Å²) in [4.78, 5) is 4.05. The van der Waals surface area contributed by atoms with Crippen molar-refractivity contribution < 1.29 is 22.3 Å². The third kappa shape index (κ3) is 3.53. The SMILES string of the molecule is COc1c(C(F)(F)F)ccc(F)c1C=NNc1nc(C)cs1. The molecule has 1 N–H and O–H groups in total. The van der Waals surface area contributed by atoms with E-state index in [-0.39, 0.29) is 0 Å². The first-order chi connectivity index (χ1) is 10.3. The van der Waals surface area contributed by atoms with E-state index in [9.17, 15) is 17.6 Å². The topological polar surface area (TPSA) is 46.5 Å². The van der Waals surface area contributed by atoms with Gasteiger partial charge in [-0.05, 0) is 19.1 Å². The van der Waals surface area contributed by atoms with Gasteiger partial charge in [0.1, 0.15) is 11.6 Å². The Kier molecular flexibility index (Phi) is 4.65. The summed E-state index contributed by atoms with van der Waals surface area (Å²) in [7, 11) is 1.04. The maximum Gasteiger partial charge on any atom is 0.419 e. The summed E-state index contributed by atoms with van der Waals surface area (Å²) in [5.41, 5.74) is 1.84. The average molecular weight is 333 g/mol. The van der Waals surface area contributed by atoms with Gasteiger partial charge in [-0.15, -0.1) is 11.3 Å². The number of hydrogen-bond acceptors (Lipinski definition) is 5. The van der Waals surface area contributed by atoms with Gasteiger partial charge in [-0.3, -0.25) is 5.43 Å². The number of hydrazone groups is 1. The first-order valence-corrected chi connectivity index (χ1v) is 6.85. The second-order valence-electron chi connectivity index (χ2n) is 4.20. The van der Waals surface area contributed by atoms with Crippen molar-refractivity contribution in [2.75, 3.05) is 12.5 Å². The van der Waals surface area contributed by atoms with Crippen LogP contribution in [0.1, 0.15) is 16.8 Å². The molecule has 0 spiro atoms. The van der Waals surface area contributed by atoms with Gasteiger partial charge >= 0.3 is 6.18 Å². The van der Waals surface area contributed by atoms with Crippen LogP contribution in [0.3, 0.4) is 0 Å². The number of aryl methyl sites for hydroxylation is 1. The summed E-state index contributed by atoms with van der Waals surface area (Å²) in [6, 6.07) is 1.35. The Morgan fingerprint density at radius 3 is 2.64 bits per heavy atom. The van der Waals surface area contributed by atoms with E-state index in [0.29, 0.717) is 11.2 Å². The largest absolute Gasteiger partial charge is 0.495 e. The Hall–Kier alpha value is -2.16. The van der Waals surface area contributed by atoms with Gasteiger partial charge in [0, 0.05) is 5.38 Å². The predicted molar refractivity (Wildman–Crippen MR) is 76.0 cm³/mol. The number of thiazole rings is 1. The molecule has 118 valence electrons. The lowest BCUT2D eigenvalue weighted by molar-refractivity contribution is -0.138. The molecular formula is C13H11F4N3OS. The molecule has 22 heavy (non-hydrogen) atoms. The molecule has 0 saturated heterocycles. The summed E-state index contributed by atoms with van der Waals surface area (Å²) >= 11 is 1.27. The van der Waals surface area contributed by atoms with Crippen LogP contribution in [0.4, 0.5) is 22.7 Å². The molecule has 2 rings (SSSR count). The molecule has 4 nitrogen and oxygen atoms in total. The fraction of sp³-hybridized carbons (Fsp3) is 0.231. The van der Waals surface area contributed by atoms with E-state index in [1.54, 1.807) is 12.3 Å². The number of hydrogen-bond donors (Lipinski definition) is 1. The monoisotopic (exact) mass is 333 g/mol. The number of halogens is 4. The van der Waals surface area contributed by atoms with Crippen molar-refractivity contribution >= 4 is 22.7 Å². The molecule has 0 bridgehead atoms. The molecule has 1 aromatic heterocycles. The Labute approximate surface area is 127 Å². The molecule has 0 saturated carbocycles. The molecule has 1 aromatic carbocycles. The quantitative estimate of drug-likeness (QED) is 0.521. The van der Waals surface area contributed by atoms with Crippen LogP contribution < -0.4 is 10.2 Å². The lowest BCUT2D eigenvalue weighted by atomic mass is 10.1. The summed E-state index contributed by atoms with van der Waals surface area (Å²) in [6.45, 7) is 1.78. The molecule has 9 heteroatoms. The number of anilines is 1. The number of benzene rings is 1. The first kappa shape index (κ1) is 16.2. The summed E-state index contributed by atoms with van der Waals surface area (Å²) < 4.78 is 57.1. The molecule has 2 aromatic rings. The van der Waals surface area contributed by atoms with Gasteiger partial charge in [0.05, 0.1) is 30.1 Å². The van der Waals surface area contributed by atoms with Crippen LogP contribution in [0.25, 0.3) is 0 Å². The number of alkyl halides is 3. The number of aromatic nitrogens is 1. The molecule has 0 radical (unpaired) electrons. The zero-order valence-electron chi connectivity index (χ0n) is 11.5. The number of rotatable bonds is 4. The second-order valence-corrected chi connectivity index (χ2v) is 5.06. The Morgan fingerprint density at radius 1 is 1.36 bits per heavy atom. The van der Waals surface area contributed by atoms with Crippen molar-refractivity contribution in [1.82, 2.24) is 4.98 Å². The van der Waals surface area contributed by atoms with Gasteiger partial charge in [-0.2, -0.15) is 18.3 Å². The van der Waals surface area contributed by atoms with Gasteiger partial charge < -0.3 is 4.74 Å². The van der Waals surface area contributed by atoms with Gasteiger partial charge in [-0.1, -0.05) is 0 Å². The third-order valence-corrected chi connectivity index (χ3v) is 3.49. The van der Waals surface area contributed by atoms with E-state index in [1.807, 2.05) is 0 Å². The number of nitrogens with one attached hydrogen (secondary N) is 1. The third-order valence-electron chi connectivity index (χ3n) is 2.63. The lowest BCUT2D eigenvalue weighted by Crippen LogP contribution is -2.10. The summed E-state index contributed by atoms with van der Waals surface area (Å²) in [5.74, 6) is -1.49. The van der Waals surface area contributed by atoms with Crippen molar-refractivity contribution in [1.29, 1.82) is 0 Å². The van der Waals surface area contributed by atoms with E-state index >= 15 is 0 Å². The number of methoxy groups -OCH3 is 1. The van der Waals surface area contributed by atoms with E-state index in [2.05, 4.69) is 15.5 Å². The van der Waals surface area contributed by atoms with Crippen molar-refractivity contribution in [3.8, 4) is 5.75 Å². The number of ether oxygens (including phenoxy) is 1. The second kappa shape index (κ2) is 6.30. The molecule has 0 aliphatic rings. The summed E-state index contributed by atoms with van der Waals surface area (Å²) in [6.07, 6.45) is -3.72. The van der Waals surface area contributed by atoms with Gasteiger partial charge in [0.15, 0.2) is 0 Å². The van der Waals surface area contributed by atoms with Crippen LogP contribution in [-0.4, -0.2) is 18.3 Å². The van der Waals surface area contributed by atoms with Gasteiger partial charge in [0.25, 0.3) is 0 Å². The minimum absolute atomic E-state index is 0.391. The highest BCUT2D eigenvalue weighted by atomic mass is 32.1. The van der Waals surface area contributed by atoms with Crippen molar-refractivity contribution in [2.45, 2.75) is 13.1 Å². The van der Waals surface area contributed by atoms with Crippen LogP contribution in [0, 0.1) is 12.7 Å². The number of nitrogens with zero attached hydrogens (tertiary/aromatic N) is 2. The lowest BCUT2D eigenvalue weighted by Gasteiger charge is -2.14. The van der Waals surface area contributed by atoms with Crippen LogP contribution in [0.2, 0.25) is 0 Å². The van der Waals surface area contributed by atoms with Crippen LogP contribution in [-0.2, 0) is 6.18 Å². The smallest absolute Gasteiger partial charge is 0.419 e. The first-order valence-electron chi connectivity index (χ1n) is 5.98. The fourth-order valence-corrected chi connectivity index (χ4v) is 2.33. The van der Waals surface area contributed by atoms with E-state index < -0.39 is 28.9 Å². The maximum atomic E-state index is 13.8. The fourth-order valence-electron chi connectivity index (χ4n) is 1.70. The molecular weight excluding hydrogens is 322 g/mol. The van der Waals surface area contributed by atoms with Crippen molar-refractivity contribution in [3.63, 3.8) is 0 Å². The van der Waals surface area contributed by atoms with Gasteiger partial charge in [-0.25, -0.2) is 9.37 Å².